The van der Waals surface area contributed by atoms with Crippen LogP contribution < -0.4 is 5.32 Å². The van der Waals surface area contributed by atoms with E-state index in [4.69, 9.17) is 4.74 Å². The molecular weight excluding hydrogens is 511 g/mol. The van der Waals surface area contributed by atoms with Crippen molar-refractivity contribution in [2.24, 2.45) is 7.05 Å². The lowest BCUT2D eigenvalue weighted by molar-refractivity contribution is -0.137. The standard InChI is InChI=1S/C27H30F3N7O2/c1-26(2,3)39-25(38)37-10-6-7-17(15-37)34-24-32-13-21(27(28,29)30)23(35-24)20-12-31-22-18(8-5-9-19(20)22)16-11-33-36(4)14-16/h5,8-9,11-14,17,31H,6-7,10,15H2,1-4H3,(H,32,34,35)/t17-/m0/s1. The van der Waals surface area contributed by atoms with E-state index < -0.39 is 23.4 Å². The maximum absolute atomic E-state index is 14.1. The van der Waals surface area contributed by atoms with E-state index in [1.165, 1.54) is 6.20 Å². The molecule has 0 aliphatic carbocycles. The van der Waals surface area contributed by atoms with Gasteiger partial charge in [0.1, 0.15) is 11.2 Å². The van der Waals surface area contributed by atoms with E-state index in [1.54, 1.807) is 55.7 Å². The van der Waals surface area contributed by atoms with E-state index in [0.717, 1.165) is 17.3 Å². The Bertz CT molecular complexity index is 1500. The molecule has 3 aromatic heterocycles. The number of aromatic amines is 1. The molecule has 39 heavy (non-hydrogen) atoms. The predicted octanol–water partition coefficient (Wildman–Crippen LogP) is 5.86. The van der Waals surface area contributed by atoms with Gasteiger partial charge < -0.3 is 19.9 Å². The van der Waals surface area contributed by atoms with Gasteiger partial charge >= 0.3 is 12.3 Å². The number of alkyl halides is 3. The number of hydrogen-bond donors (Lipinski definition) is 2. The van der Waals surface area contributed by atoms with Gasteiger partial charge in [-0.25, -0.2) is 14.8 Å². The third-order valence-corrected chi connectivity index (χ3v) is 6.49. The number of H-pyrrole nitrogens is 1. The van der Waals surface area contributed by atoms with Gasteiger partial charge in [0.15, 0.2) is 0 Å². The number of carbonyl (C=O) groups excluding carboxylic acids is 1. The van der Waals surface area contributed by atoms with Gasteiger partial charge in [-0.3, -0.25) is 4.68 Å². The minimum Gasteiger partial charge on any atom is -0.444 e. The van der Waals surface area contributed by atoms with E-state index in [-0.39, 0.29) is 17.7 Å². The topological polar surface area (TPSA) is 101 Å². The fourth-order valence-corrected chi connectivity index (χ4v) is 4.79. The summed E-state index contributed by atoms with van der Waals surface area (Å²) >= 11 is 0. The summed E-state index contributed by atoms with van der Waals surface area (Å²) in [5.41, 5.74) is 0.865. The van der Waals surface area contributed by atoms with E-state index >= 15 is 0 Å². The van der Waals surface area contributed by atoms with Gasteiger partial charge in [-0.1, -0.05) is 18.2 Å². The first kappa shape index (κ1) is 26.5. The van der Waals surface area contributed by atoms with Crippen molar-refractivity contribution in [3.05, 3.63) is 48.5 Å². The second kappa shape index (κ2) is 9.90. The Labute approximate surface area is 223 Å². The van der Waals surface area contributed by atoms with Crippen molar-refractivity contribution in [2.45, 2.75) is 51.4 Å². The molecule has 2 N–H and O–H groups in total. The molecular formula is C27H30F3N7O2. The van der Waals surface area contributed by atoms with Crippen molar-refractivity contribution in [2.75, 3.05) is 18.4 Å². The van der Waals surface area contributed by atoms with Gasteiger partial charge in [-0.2, -0.15) is 18.3 Å². The molecule has 0 saturated carbocycles. The first-order chi connectivity index (χ1) is 18.4. The molecule has 5 rings (SSSR count). The number of nitrogens with zero attached hydrogens (tertiary/aromatic N) is 5. The van der Waals surface area contributed by atoms with Crippen molar-refractivity contribution in [1.29, 1.82) is 0 Å². The van der Waals surface area contributed by atoms with Gasteiger partial charge in [0.2, 0.25) is 5.95 Å². The molecule has 1 saturated heterocycles. The number of nitrogens with one attached hydrogen (secondary N) is 2. The minimum absolute atomic E-state index is 0.0619. The van der Waals surface area contributed by atoms with Crippen LogP contribution >= 0.6 is 0 Å². The van der Waals surface area contributed by atoms with Crippen LogP contribution in [0.4, 0.5) is 23.9 Å². The number of benzene rings is 1. The van der Waals surface area contributed by atoms with Crippen LogP contribution in [-0.2, 0) is 18.0 Å². The number of ether oxygens (including phenoxy) is 1. The number of aromatic nitrogens is 5. The molecule has 4 heterocycles. The molecule has 1 aliphatic rings. The first-order valence-corrected chi connectivity index (χ1v) is 12.7. The number of halogens is 3. The van der Waals surface area contributed by atoms with Crippen LogP contribution in [0.5, 0.6) is 0 Å². The number of para-hydroxylation sites is 1. The quantitative estimate of drug-likeness (QED) is 0.336. The Balaban J connectivity index is 1.47. The second-order valence-corrected chi connectivity index (χ2v) is 10.7. The summed E-state index contributed by atoms with van der Waals surface area (Å²) in [7, 11) is 1.80. The third-order valence-electron chi connectivity index (χ3n) is 6.49. The zero-order valence-electron chi connectivity index (χ0n) is 22.1. The lowest BCUT2D eigenvalue weighted by atomic mass is 10.0. The molecule has 1 amide bonds. The van der Waals surface area contributed by atoms with Crippen LogP contribution in [0.15, 0.2) is 43.0 Å². The highest BCUT2D eigenvalue weighted by atomic mass is 19.4. The Hall–Kier alpha value is -4.09. The highest BCUT2D eigenvalue weighted by Crippen LogP contribution is 2.40. The van der Waals surface area contributed by atoms with Gasteiger partial charge in [0, 0.05) is 66.8 Å². The minimum atomic E-state index is -4.66. The summed E-state index contributed by atoms with van der Waals surface area (Å²) in [5.74, 6) is 0.0619. The fourth-order valence-electron chi connectivity index (χ4n) is 4.79. The molecule has 4 aromatic rings. The van der Waals surface area contributed by atoms with Crippen molar-refractivity contribution in [1.82, 2.24) is 29.6 Å². The van der Waals surface area contributed by atoms with Crippen LogP contribution in [0, 0.1) is 0 Å². The van der Waals surface area contributed by atoms with E-state index in [9.17, 15) is 18.0 Å². The molecule has 206 valence electrons. The lowest BCUT2D eigenvalue weighted by Gasteiger charge is -2.34. The number of hydrogen-bond acceptors (Lipinski definition) is 6. The molecule has 12 heteroatoms. The summed E-state index contributed by atoms with van der Waals surface area (Å²) in [6.07, 6.45) is 2.23. The van der Waals surface area contributed by atoms with Crippen LogP contribution in [-0.4, -0.2) is 60.5 Å². The number of carbonyl (C=O) groups is 1. The lowest BCUT2D eigenvalue weighted by Crippen LogP contribution is -2.47. The summed E-state index contributed by atoms with van der Waals surface area (Å²) in [4.78, 5) is 25.6. The summed E-state index contributed by atoms with van der Waals surface area (Å²) in [6, 6.07) is 5.20. The summed E-state index contributed by atoms with van der Waals surface area (Å²) in [5, 5.41) is 7.94. The van der Waals surface area contributed by atoms with Gasteiger partial charge in [-0.05, 0) is 33.6 Å². The van der Waals surface area contributed by atoms with Crippen LogP contribution in [0.1, 0.15) is 39.2 Å². The van der Waals surface area contributed by atoms with Gasteiger partial charge in [-0.15, -0.1) is 0 Å². The maximum Gasteiger partial charge on any atom is 0.419 e. The number of amides is 1. The molecule has 0 spiro atoms. The van der Waals surface area contributed by atoms with E-state index in [0.29, 0.717) is 42.4 Å². The SMILES string of the molecule is Cn1cc(-c2cccc3c(-c4nc(N[C@H]5CCCN(C(=O)OC(C)(C)C)C5)ncc4C(F)(F)F)c[nH]c23)cn1. The Morgan fingerprint density at radius 3 is 2.67 bits per heavy atom. The molecule has 1 atom stereocenters. The Morgan fingerprint density at radius 2 is 1.97 bits per heavy atom. The smallest absolute Gasteiger partial charge is 0.419 e. The van der Waals surface area contributed by atoms with Crippen molar-refractivity contribution in [3.8, 4) is 22.4 Å². The molecule has 0 bridgehead atoms. The zero-order chi connectivity index (χ0) is 27.9. The number of likely N-dealkylation sites (tertiary alicyclic amines) is 1. The Kier molecular flexibility index (Phi) is 6.73. The molecule has 9 nitrogen and oxygen atoms in total. The Morgan fingerprint density at radius 1 is 1.18 bits per heavy atom. The normalized spacial score (nSPS) is 16.5. The average Bonchev–Trinajstić information content (AvgIpc) is 3.48. The number of aryl methyl sites for hydroxylation is 1. The molecule has 0 radical (unpaired) electrons. The van der Waals surface area contributed by atoms with Crippen molar-refractivity contribution < 1.29 is 22.7 Å². The van der Waals surface area contributed by atoms with E-state index in [1.807, 2.05) is 12.3 Å². The van der Waals surface area contributed by atoms with E-state index in [2.05, 4.69) is 25.4 Å². The number of fused-ring (bicyclic) bond motifs is 1. The second-order valence-electron chi connectivity index (χ2n) is 10.7. The number of anilines is 1. The van der Waals surface area contributed by atoms with Gasteiger partial charge in [0.05, 0.1) is 17.4 Å². The van der Waals surface area contributed by atoms with Gasteiger partial charge in [0.25, 0.3) is 0 Å². The van der Waals surface area contributed by atoms with Crippen molar-refractivity contribution >= 4 is 22.9 Å². The van der Waals surface area contributed by atoms with Crippen LogP contribution in [0.25, 0.3) is 33.3 Å². The van der Waals surface area contributed by atoms with Crippen LogP contribution in [0.3, 0.4) is 0 Å². The summed E-state index contributed by atoms with van der Waals surface area (Å²) < 4.78 is 49.4. The monoisotopic (exact) mass is 541 g/mol. The average molecular weight is 542 g/mol. The number of piperidine rings is 1. The molecule has 1 aromatic carbocycles. The highest BCUT2D eigenvalue weighted by molar-refractivity contribution is 6.02. The molecule has 0 unspecified atom stereocenters. The predicted molar refractivity (Wildman–Crippen MR) is 141 cm³/mol. The first-order valence-electron chi connectivity index (χ1n) is 12.7. The zero-order valence-corrected chi connectivity index (χ0v) is 22.1. The molecule has 1 fully saturated rings. The maximum atomic E-state index is 14.1. The largest absolute Gasteiger partial charge is 0.444 e. The molecule has 1 aliphatic heterocycles. The van der Waals surface area contributed by atoms with Crippen LogP contribution in [0.2, 0.25) is 0 Å². The van der Waals surface area contributed by atoms with Crippen molar-refractivity contribution in [3.63, 3.8) is 0 Å². The number of rotatable bonds is 4. The fraction of sp³-hybridized carbons (Fsp3) is 0.407. The summed E-state index contributed by atoms with van der Waals surface area (Å²) in [6.45, 7) is 6.27. The highest BCUT2D eigenvalue weighted by Gasteiger charge is 2.36. The third kappa shape index (κ3) is 5.69.